The van der Waals surface area contributed by atoms with Gasteiger partial charge >= 0.3 is 0 Å². The molecule has 1 aliphatic carbocycles. The van der Waals surface area contributed by atoms with Crippen molar-refractivity contribution < 1.29 is 4.79 Å². The number of hydrogen-bond donors (Lipinski definition) is 0. The van der Waals surface area contributed by atoms with Gasteiger partial charge in [-0.3, -0.25) is 9.79 Å². The summed E-state index contributed by atoms with van der Waals surface area (Å²) in [6, 6.07) is 15.9. The molecule has 2 nitrogen and oxygen atoms in total. The standard InChI is InChI=1S/C16H11NO/c18-16-12-7-3-2-6-11(12)15-13(16)9-10-5-1-4-8-14(10)17-15/h1-8,13H,9H2. The molecule has 2 aliphatic rings. The Morgan fingerprint density at radius 2 is 1.67 bits per heavy atom. The smallest absolute Gasteiger partial charge is 0.172 e. The van der Waals surface area contributed by atoms with Crippen LogP contribution in [-0.2, 0) is 6.42 Å². The quantitative estimate of drug-likeness (QED) is 0.687. The third-order valence-electron chi connectivity index (χ3n) is 3.77. The zero-order valence-corrected chi connectivity index (χ0v) is 9.76. The van der Waals surface area contributed by atoms with Crippen LogP contribution in [0.25, 0.3) is 0 Å². The minimum atomic E-state index is -0.0719. The van der Waals surface area contributed by atoms with Crippen LogP contribution in [0.3, 0.4) is 0 Å². The summed E-state index contributed by atoms with van der Waals surface area (Å²) in [5.41, 5.74) is 4.98. The first-order valence-electron chi connectivity index (χ1n) is 6.15. The number of carbonyl (C=O) groups excluding carboxylic acids is 1. The number of benzene rings is 2. The van der Waals surface area contributed by atoms with Gasteiger partial charge in [-0.25, -0.2) is 0 Å². The summed E-state index contributed by atoms with van der Waals surface area (Å²) in [6.45, 7) is 0. The number of carbonyl (C=O) groups is 1. The molecule has 2 heteroatoms. The Hall–Kier alpha value is -2.22. The van der Waals surface area contributed by atoms with E-state index in [2.05, 4.69) is 6.07 Å². The normalized spacial score (nSPS) is 19.9. The molecule has 0 spiro atoms. The second-order valence-electron chi connectivity index (χ2n) is 4.79. The average Bonchev–Trinajstić information content (AvgIpc) is 2.71. The predicted molar refractivity (Wildman–Crippen MR) is 70.6 cm³/mol. The summed E-state index contributed by atoms with van der Waals surface area (Å²) < 4.78 is 0. The number of ketones is 1. The molecule has 18 heavy (non-hydrogen) atoms. The van der Waals surface area contributed by atoms with Crippen molar-refractivity contribution in [3.8, 4) is 0 Å². The van der Waals surface area contributed by atoms with E-state index in [1.54, 1.807) is 0 Å². The van der Waals surface area contributed by atoms with Gasteiger partial charge in [0, 0.05) is 11.1 Å². The van der Waals surface area contributed by atoms with E-state index >= 15 is 0 Å². The Labute approximate surface area is 105 Å². The third-order valence-corrected chi connectivity index (χ3v) is 3.77. The van der Waals surface area contributed by atoms with Crippen molar-refractivity contribution in [2.45, 2.75) is 6.42 Å². The SMILES string of the molecule is O=C1c2ccccc2C2=Nc3ccccc3CC12. The van der Waals surface area contributed by atoms with E-state index in [4.69, 9.17) is 4.99 Å². The summed E-state index contributed by atoms with van der Waals surface area (Å²) >= 11 is 0. The van der Waals surface area contributed by atoms with Gasteiger partial charge in [-0.15, -0.1) is 0 Å². The monoisotopic (exact) mass is 233 g/mol. The van der Waals surface area contributed by atoms with Crippen LogP contribution in [0, 0.1) is 5.92 Å². The second-order valence-corrected chi connectivity index (χ2v) is 4.79. The number of hydrogen-bond acceptors (Lipinski definition) is 2. The molecule has 2 aromatic carbocycles. The number of rotatable bonds is 0. The maximum absolute atomic E-state index is 12.4. The molecule has 0 amide bonds. The fourth-order valence-corrected chi connectivity index (χ4v) is 2.89. The summed E-state index contributed by atoms with van der Waals surface area (Å²) in [4.78, 5) is 17.1. The predicted octanol–water partition coefficient (Wildman–Crippen LogP) is 3.18. The van der Waals surface area contributed by atoms with Gasteiger partial charge in [-0.05, 0) is 18.1 Å². The second kappa shape index (κ2) is 3.39. The van der Waals surface area contributed by atoms with Crippen LogP contribution in [0.4, 0.5) is 5.69 Å². The van der Waals surface area contributed by atoms with Crippen LogP contribution in [0.2, 0.25) is 0 Å². The number of Topliss-reactive ketones (excluding diaryl/α,β-unsaturated/α-hetero) is 1. The average molecular weight is 233 g/mol. The first-order chi connectivity index (χ1) is 8.84. The number of nitrogens with zero attached hydrogens (tertiary/aromatic N) is 1. The highest BCUT2D eigenvalue weighted by atomic mass is 16.1. The van der Waals surface area contributed by atoms with Crippen LogP contribution < -0.4 is 0 Å². The van der Waals surface area contributed by atoms with Crippen molar-refractivity contribution in [3.63, 3.8) is 0 Å². The lowest BCUT2D eigenvalue weighted by Gasteiger charge is -2.18. The Morgan fingerprint density at radius 3 is 2.56 bits per heavy atom. The van der Waals surface area contributed by atoms with Crippen molar-refractivity contribution >= 4 is 17.2 Å². The van der Waals surface area contributed by atoms with Crippen molar-refractivity contribution in [2.24, 2.45) is 10.9 Å². The Kier molecular flexibility index (Phi) is 1.84. The lowest BCUT2D eigenvalue weighted by Crippen LogP contribution is -2.21. The Bertz CT molecular complexity index is 700. The highest BCUT2D eigenvalue weighted by Gasteiger charge is 2.38. The molecule has 0 saturated heterocycles. The molecule has 0 bridgehead atoms. The fourth-order valence-electron chi connectivity index (χ4n) is 2.89. The van der Waals surface area contributed by atoms with Crippen molar-refractivity contribution in [1.82, 2.24) is 0 Å². The topological polar surface area (TPSA) is 29.4 Å². The zero-order valence-electron chi connectivity index (χ0n) is 9.76. The van der Waals surface area contributed by atoms with Gasteiger partial charge in [0.25, 0.3) is 0 Å². The van der Waals surface area contributed by atoms with Crippen LogP contribution in [0.15, 0.2) is 53.5 Å². The lowest BCUT2D eigenvalue weighted by atomic mass is 9.90. The molecule has 1 heterocycles. The Morgan fingerprint density at radius 1 is 0.944 bits per heavy atom. The highest BCUT2D eigenvalue weighted by Crippen LogP contribution is 2.37. The molecule has 0 saturated carbocycles. The summed E-state index contributed by atoms with van der Waals surface area (Å²) in [6.07, 6.45) is 0.780. The molecule has 1 unspecified atom stereocenters. The van der Waals surface area contributed by atoms with E-state index in [-0.39, 0.29) is 11.7 Å². The summed E-state index contributed by atoms with van der Waals surface area (Å²) in [5, 5.41) is 0. The largest absolute Gasteiger partial charge is 0.293 e. The van der Waals surface area contributed by atoms with E-state index in [1.165, 1.54) is 5.56 Å². The van der Waals surface area contributed by atoms with Crippen LogP contribution >= 0.6 is 0 Å². The molecule has 0 radical (unpaired) electrons. The van der Waals surface area contributed by atoms with E-state index in [1.807, 2.05) is 42.5 Å². The molecule has 1 aliphatic heterocycles. The number of aliphatic imine (C=N–C) groups is 1. The molecular formula is C16H11NO. The van der Waals surface area contributed by atoms with Crippen LogP contribution in [-0.4, -0.2) is 11.5 Å². The molecule has 0 fully saturated rings. The summed E-state index contributed by atoms with van der Waals surface area (Å²) in [7, 11) is 0. The molecule has 4 rings (SSSR count). The summed E-state index contributed by atoms with van der Waals surface area (Å²) in [5.74, 6) is 0.149. The molecule has 0 N–H and O–H groups in total. The van der Waals surface area contributed by atoms with Crippen molar-refractivity contribution in [3.05, 3.63) is 65.2 Å². The van der Waals surface area contributed by atoms with E-state index in [0.29, 0.717) is 0 Å². The van der Waals surface area contributed by atoms with Gasteiger partial charge in [0.15, 0.2) is 5.78 Å². The highest BCUT2D eigenvalue weighted by molar-refractivity contribution is 6.29. The fraction of sp³-hybridized carbons (Fsp3) is 0.125. The van der Waals surface area contributed by atoms with Gasteiger partial charge in [0.2, 0.25) is 0 Å². The first-order valence-corrected chi connectivity index (χ1v) is 6.15. The Balaban J connectivity index is 1.97. The number of fused-ring (bicyclic) bond motifs is 4. The van der Waals surface area contributed by atoms with E-state index in [0.717, 1.165) is 28.9 Å². The van der Waals surface area contributed by atoms with Gasteiger partial charge in [-0.2, -0.15) is 0 Å². The van der Waals surface area contributed by atoms with Gasteiger partial charge in [0.1, 0.15) is 0 Å². The lowest BCUT2D eigenvalue weighted by molar-refractivity contribution is 0.0961. The number of para-hydroxylation sites is 1. The molecule has 2 aromatic rings. The van der Waals surface area contributed by atoms with E-state index in [9.17, 15) is 4.79 Å². The molecule has 86 valence electrons. The van der Waals surface area contributed by atoms with Gasteiger partial charge in [-0.1, -0.05) is 42.5 Å². The van der Waals surface area contributed by atoms with Crippen LogP contribution in [0.1, 0.15) is 21.5 Å². The molecule has 1 atom stereocenters. The molecule has 0 aromatic heterocycles. The van der Waals surface area contributed by atoms with Crippen molar-refractivity contribution in [1.29, 1.82) is 0 Å². The first kappa shape index (κ1) is 9.77. The third kappa shape index (κ3) is 1.17. The van der Waals surface area contributed by atoms with Crippen LogP contribution in [0.5, 0.6) is 0 Å². The maximum Gasteiger partial charge on any atom is 0.172 e. The van der Waals surface area contributed by atoms with Gasteiger partial charge in [0.05, 0.1) is 17.3 Å². The van der Waals surface area contributed by atoms with Gasteiger partial charge < -0.3 is 0 Å². The maximum atomic E-state index is 12.4. The minimum absolute atomic E-state index is 0.0719. The van der Waals surface area contributed by atoms with E-state index < -0.39 is 0 Å². The minimum Gasteiger partial charge on any atom is -0.293 e. The molecular weight excluding hydrogens is 222 g/mol. The zero-order chi connectivity index (χ0) is 12.1. The van der Waals surface area contributed by atoms with Crippen molar-refractivity contribution in [2.75, 3.05) is 0 Å².